The van der Waals surface area contributed by atoms with Gasteiger partial charge in [0.1, 0.15) is 0 Å². The van der Waals surface area contributed by atoms with Gasteiger partial charge in [-0.1, -0.05) is 6.92 Å². The molecule has 0 aliphatic carbocycles. The molecule has 1 saturated heterocycles. The van der Waals surface area contributed by atoms with Gasteiger partial charge in [0.2, 0.25) is 0 Å². The molecule has 0 spiro atoms. The van der Waals surface area contributed by atoms with Crippen LogP contribution in [-0.2, 0) is 6.42 Å². The zero-order chi connectivity index (χ0) is 9.26. The molecule has 0 saturated carbocycles. The summed E-state index contributed by atoms with van der Waals surface area (Å²) in [7, 11) is 0. The molecule has 0 bridgehead atoms. The van der Waals surface area contributed by atoms with E-state index in [2.05, 4.69) is 31.3 Å². The highest BCUT2D eigenvalue weighted by atomic mass is 32.1. The normalized spacial score (nSPS) is 28.2. The van der Waals surface area contributed by atoms with E-state index in [1.54, 1.807) is 4.88 Å². The van der Waals surface area contributed by atoms with Crippen LogP contribution < -0.4 is 5.32 Å². The third-order valence-corrected chi connectivity index (χ3v) is 4.18. The quantitative estimate of drug-likeness (QED) is 0.765. The van der Waals surface area contributed by atoms with Crippen LogP contribution in [-0.4, -0.2) is 12.6 Å². The minimum atomic E-state index is 0.706. The second kappa shape index (κ2) is 3.81. The van der Waals surface area contributed by atoms with Gasteiger partial charge in [-0.15, -0.1) is 11.3 Å². The Morgan fingerprint density at radius 2 is 2.38 bits per heavy atom. The molecule has 1 nitrogen and oxygen atoms in total. The van der Waals surface area contributed by atoms with Gasteiger partial charge in [0.25, 0.3) is 0 Å². The van der Waals surface area contributed by atoms with Gasteiger partial charge in [-0.25, -0.2) is 0 Å². The van der Waals surface area contributed by atoms with E-state index >= 15 is 0 Å². The number of nitrogens with one attached hydrogen (secondary N) is 1. The molecular formula is C11H17NS. The number of aryl methyl sites for hydroxylation is 1. The van der Waals surface area contributed by atoms with Gasteiger partial charge in [0, 0.05) is 28.3 Å². The highest BCUT2D eigenvalue weighted by Crippen LogP contribution is 2.31. The lowest BCUT2D eigenvalue weighted by Crippen LogP contribution is -2.16. The van der Waals surface area contributed by atoms with Crippen molar-refractivity contribution < 1.29 is 0 Å². The lowest BCUT2D eigenvalue weighted by atomic mass is 10.0. The lowest BCUT2D eigenvalue weighted by molar-refractivity contribution is 0.659. The van der Waals surface area contributed by atoms with Gasteiger partial charge in [-0.3, -0.25) is 0 Å². The van der Waals surface area contributed by atoms with Gasteiger partial charge in [0.15, 0.2) is 0 Å². The van der Waals surface area contributed by atoms with Crippen molar-refractivity contribution in [3.63, 3.8) is 0 Å². The summed E-state index contributed by atoms with van der Waals surface area (Å²) in [5.41, 5.74) is 0. The van der Waals surface area contributed by atoms with Gasteiger partial charge in [0.05, 0.1) is 0 Å². The van der Waals surface area contributed by atoms with E-state index in [1.165, 1.54) is 24.3 Å². The van der Waals surface area contributed by atoms with Crippen LogP contribution in [0.2, 0.25) is 0 Å². The summed E-state index contributed by atoms with van der Waals surface area (Å²) < 4.78 is 0. The third-order valence-electron chi connectivity index (χ3n) is 2.78. The van der Waals surface area contributed by atoms with Crippen LogP contribution in [0.1, 0.15) is 35.9 Å². The maximum atomic E-state index is 3.50. The summed E-state index contributed by atoms with van der Waals surface area (Å²) in [6.45, 7) is 5.67. The lowest BCUT2D eigenvalue weighted by Gasteiger charge is -2.03. The molecule has 1 fully saturated rings. The Bertz CT molecular complexity index is 279. The second-order valence-electron chi connectivity index (χ2n) is 3.90. The van der Waals surface area contributed by atoms with Gasteiger partial charge < -0.3 is 5.32 Å². The summed E-state index contributed by atoms with van der Waals surface area (Å²) in [5.74, 6) is 0.778. The van der Waals surface area contributed by atoms with Crippen molar-refractivity contribution in [3.8, 4) is 0 Å². The Morgan fingerprint density at radius 1 is 1.54 bits per heavy atom. The monoisotopic (exact) mass is 195 g/mol. The molecule has 0 aromatic carbocycles. The molecule has 0 amide bonds. The fourth-order valence-corrected chi connectivity index (χ4v) is 3.02. The Balaban J connectivity index is 2.08. The largest absolute Gasteiger partial charge is 0.314 e. The zero-order valence-corrected chi connectivity index (χ0v) is 9.16. The van der Waals surface area contributed by atoms with Crippen molar-refractivity contribution in [1.29, 1.82) is 0 Å². The van der Waals surface area contributed by atoms with Crippen molar-refractivity contribution in [2.45, 2.75) is 38.6 Å². The third kappa shape index (κ3) is 1.94. The van der Waals surface area contributed by atoms with Gasteiger partial charge in [-0.2, -0.15) is 0 Å². The van der Waals surface area contributed by atoms with Crippen molar-refractivity contribution >= 4 is 11.3 Å². The Kier molecular flexibility index (Phi) is 2.70. The van der Waals surface area contributed by atoms with Crippen LogP contribution in [0.5, 0.6) is 0 Å². The highest BCUT2D eigenvalue weighted by Gasteiger charge is 2.22. The molecule has 13 heavy (non-hydrogen) atoms. The fourth-order valence-electron chi connectivity index (χ4n) is 1.96. The Hall–Kier alpha value is -0.340. The summed E-state index contributed by atoms with van der Waals surface area (Å²) >= 11 is 1.99. The minimum Gasteiger partial charge on any atom is -0.314 e. The first-order chi connectivity index (χ1) is 6.29. The molecule has 2 heterocycles. The SMILES string of the molecule is CCc1ccc(C2CNC(C)C2)s1. The fraction of sp³-hybridized carbons (Fsp3) is 0.636. The van der Waals surface area contributed by atoms with Crippen LogP contribution >= 0.6 is 11.3 Å². The van der Waals surface area contributed by atoms with Crippen LogP contribution in [0.4, 0.5) is 0 Å². The molecule has 1 aliphatic rings. The molecule has 2 rings (SSSR count). The standard InChI is InChI=1S/C11H17NS/c1-3-10-4-5-11(13-10)9-6-8(2)12-7-9/h4-5,8-9,12H,3,6-7H2,1-2H3. The Morgan fingerprint density at radius 3 is 2.92 bits per heavy atom. The minimum absolute atomic E-state index is 0.706. The zero-order valence-electron chi connectivity index (χ0n) is 8.34. The Labute approximate surface area is 84.2 Å². The summed E-state index contributed by atoms with van der Waals surface area (Å²) in [6, 6.07) is 5.30. The molecule has 1 aliphatic heterocycles. The average Bonchev–Trinajstić information content (AvgIpc) is 2.71. The number of hydrogen-bond acceptors (Lipinski definition) is 2. The number of hydrogen-bond donors (Lipinski definition) is 1. The molecule has 1 aromatic rings. The van der Waals surface area contributed by atoms with Crippen LogP contribution in [0.25, 0.3) is 0 Å². The predicted octanol–water partition coefficient (Wildman–Crippen LogP) is 2.78. The molecule has 1 N–H and O–H groups in total. The van der Waals surface area contributed by atoms with Crippen molar-refractivity contribution in [2.24, 2.45) is 0 Å². The van der Waals surface area contributed by atoms with Gasteiger partial charge in [-0.05, 0) is 31.9 Å². The van der Waals surface area contributed by atoms with Gasteiger partial charge >= 0.3 is 0 Å². The molecule has 1 aromatic heterocycles. The number of thiophene rings is 1. The first-order valence-corrected chi connectivity index (χ1v) is 5.93. The molecular weight excluding hydrogens is 178 g/mol. The van der Waals surface area contributed by atoms with Crippen LogP contribution in [0, 0.1) is 0 Å². The molecule has 2 unspecified atom stereocenters. The van der Waals surface area contributed by atoms with Crippen molar-refractivity contribution in [3.05, 3.63) is 21.9 Å². The van der Waals surface area contributed by atoms with E-state index in [1.807, 2.05) is 11.3 Å². The van der Waals surface area contributed by atoms with E-state index in [0.29, 0.717) is 6.04 Å². The van der Waals surface area contributed by atoms with Crippen molar-refractivity contribution in [2.75, 3.05) is 6.54 Å². The van der Waals surface area contributed by atoms with Crippen LogP contribution in [0.15, 0.2) is 12.1 Å². The average molecular weight is 195 g/mol. The summed E-state index contributed by atoms with van der Waals surface area (Å²) in [4.78, 5) is 3.10. The second-order valence-corrected chi connectivity index (χ2v) is 5.10. The topological polar surface area (TPSA) is 12.0 Å². The molecule has 2 atom stereocenters. The molecule has 0 radical (unpaired) electrons. The van der Waals surface area contributed by atoms with E-state index in [9.17, 15) is 0 Å². The van der Waals surface area contributed by atoms with Crippen molar-refractivity contribution in [1.82, 2.24) is 5.32 Å². The first-order valence-electron chi connectivity index (χ1n) is 5.11. The van der Waals surface area contributed by atoms with E-state index in [-0.39, 0.29) is 0 Å². The summed E-state index contributed by atoms with van der Waals surface area (Å²) in [5, 5.41) is 3.50. The first kappa shape index (κ1) is 9.22. The molecule has 72 valence electrons. The van der Waals surface area contributed by atoms with E-state index in [4.69, 9.17) is 0 Å². The van der Waals surface area contributed by atoms with Crippen LogP contribution in [0.3, 0.4) is 0 Å². The molecule has 2 heteroatoms. The summed E-state index contributed by atoms with van der Waals surface area (Å²) in [6.07, 6.45) is 2.49. The smallest absolute Gasteiger partial charge is 0.00923 e. The van der Waals surface area contributed by atoms with E-state index < -0.39 is 0 Å². The number of rotatable bonds is 2. The maximum absolute atomic E-state index is 3.50. The predicted molar refractivity (Wildman–Crippen MR) is 58.5 cm³/mol. The highest BCUT2D eigenvalue weighted by molar-refractivity contribution is 7.12. The van der Waals surface area contributed by atoms with E-state index in [0.717, 1.165) is 5.92 Å². The maximum Gasteiger partial charge on any atom is 0.00923 e.